The van der Waals surface area contributed by atoms with Crippen LogP contribution in [0.4, 0.5) is 10.1 Å². The summed E-state index contributed by atoms with van der Waals surface area (Å²) in [4.78, 5) is 35.9. The largest absolute Gasteiger partial charge is 0.300 e. The van der Waals surface area contributed by atoms with Gasteiger partial charge in [-0.25, -0.2) is 10.2 Å². The first-order valence-electron chi connectivity index (χ1n) is 5.26. The third kappa shape index (κ3) is 1.96. The molecule has 0 spiro atoms. The van der Waals surface area contributed by atoms with Crippen LogP contribution in [-0.4, -0.2) is 23.6 Å². The number of hydrazine groups is 1. The summed E-state index contributed by atoms with van der Waals surface area (Å²) < 4.78 is 13.4. The number of fused-ring (bicyclic) bond motifs is 1. The Morgan fingerprint density at radius 1 is 1.47 bits per heavy atom. The topological polar surface area (TPSA) is 92.5 Å². The zero-order valence-electron chi connectivity index (χ0n) is 9.74. The lowest BCUT2D eigenvalue weighted by Gasteiger charge is -2.22. The highest BCUT2D eigenvalue weighted by Crippen LogP contribution is 2.34. The van der Waals surface area contributed by atoms with Crippen LogP contribution in [0.1, 0.15) is 17.3 Å². The van der Waals surface area contributed by atoms with Crippen LogP contribution >= 0.6 is 11.6 Å². The molecule has 1 unspecified atom stereocenters. The molecule has 1 aliphatic rings. The lowest BCUT2D eigenvalue weighted by Crippen LogP contribution is -2.49. The van der Waals surface area contributed by atoms with Crippen LogP contribution in [0.5, 0.6) is 0 Å². The Hall–Kier alpha value is -1.99. The molecule has 1 heterocycles. The standard InChI is InChI=1S/C11H9ClFN3O3/c1-4(10(18)15-14)16-8-3-7(13)6(12)2-5(8)9(17)11(16)19/h2-4H,14H2,1H3,(H,15,18). The number of ketones is 1. The van der Waals surface area contributed by atoms with Gasteiger partial charge in [-0.05, 0) is 19.1 Å². The molecule has 19 heavy (non-hydrogen) atoms. The van der Waals surface area contributed by atoms with Crippen LogP contribution in [0.2, 0.25) is 5.02 Å². The minimum Gasteiger partial charge on any atom is -0.292 e. The number of carbonyl (C=O) groups excluding carboxylic acids is 3. The van der Waals surface area contributed by atoms with E-state index in [2.05, 4.69) is 0 Å². The first kappa shape index (κ1) is 13.4. The Morgan fingerprint density at radius 3 is 2.68 bits per heavy atom. The number of hydrogen-bond donors (Lipinski definition) is 2. The lowest BCUT2D eigenvalue weighted by molar-refractivity contribution is -0.124. The number of nitrogens with one attached hydrogen (secondary N) is 1. The van der Waals surface area contributed by atoms with Crippen molar-refractivity contribution in [3.63, 3.8) is 0 Å². The predicted molar refractivity (Wildman–Crippen MR) is 65.0 cm³/mol. The fourth-order valence-electron chi connectivity index (χ4n) is 1.87. The first-order valence-corrected chi connectivity index (χ1v) is 5.63. The first-order chi connectivity index (χ1) is 8.88. The molecule has 1 aromatic rings. The fourth-order valence-corrected chi connectivity index (χ4v) is 2.04. The molecular formula is C11H9ClFN3O3. The van der Waals surface area contributed by atoms with Gasteiger partial charge in [0.15, 0.2) is 0 Å². The average Bonchev–Trinajstić information content (AvgIpc) is 2.61. The molecule has 100 valence electrons. The Balaban J connectivity index is 2.56. The van der Waals surface area contributed by atoms with E-state index in [1.807, 2.05) is 5.43 Å². The monoisotopic (exact) mass is 285 g/mol. The SMILES string of the molecule is CC(C(=O)NN)N1C(=O)C(=O)c2cc(Cl)c(F)cc21. The maximum absolute atomic E-state index is 13.4. The van der Waals surface area contributed by atoms with Crippen molar-refractivity contribution in [2.24, 2.45) is 5.84 Å². The summed E-state index contributed by atoms with van der Waals surface area (Å²) in [6, 6.07) is 0.976. The van der Waals surface area contributed by atoms with Gasteiger partial charge in [0, 0.05) is 0 Å². The van der Waals surface area contributed by atoms with Gasteiger partial charge in [-0.15, -0.1) is 0 Å². The van der Waals surface area contributed by atoms with Crippen LogP contribution in [0.15, 0.2) is 12.1 Å². The van der Waals surface area contributed by atoms with Crippen molar-refractivity contribution < 1.29 is 18.8 Å². The number of benzene rings is 1. The Morgan fingerprint density at radius 2 is 2.11 bits per heavy atom. The summed E-state index contributed by atoms with van der Waals surface area (Å²) in [5, 5.41) is -0.266. The minimum atomic E-state index is -1.04. The molecule has 1 atom stereocenters. The fraction of sp³-hybridized carbons (Fsp3) is 0.182. The molecule has 0 fully saturated rings. The van der Waals surface area contributed by atoms with Crippen LogP contribution in [0, 0.1) is 5.82 Å². The van der Waals surface area contributed by atoms with Gasteiger partial charge in [0.2, 0.25) is 0 Å². The quantitative estimate of drug-likeness (QED) is 0.356. The molecule has 6 nitrogen and oxygen atoms in total. The van der Waals surface area contributed by atoms with Gasteiger partial charge in [0.05, 0.1) is 16.3 Å². The summed E-state index contributed by atoms with van der Waals surface area (Å²) in [6.45, 7) is 1.37. The molecule has 8 heteroatoms. The number of nitrogens with two attached hydrogens (primary N) is 1. The zero-order chi connectivity index (χ0) is 14.3. The van der Waals surface area contributed by atoms with Crippen LogP contribution in [0.25, 0.3) is 0 Å². The Kier molecular flexibility index (Phi) is 3.25. The number of nitrogens with zero attached hydrogens (tertiary/aromatic N) is 1. The third-order valence-electron chi connectivity index (χ3n) is 2.86. The second-order valence-corrected chi connectivity index (χ2v) is 4.38. The molecule has 2 amide bonds. The van der Waals surface area contributed by atoms with E-state index in [-0.39, 0.29) is 16.3 Å². The van der Waals surface area contributed by atoms with Gasteiger partial charge in [-0.1, -0.05) is 11.6 Å². The molecule has 3 N–H and O–H groups in total. The van der Waals surface area contributed by atoms with E-state index < -0.39 is 29.5 Å². The van der Waals surface area contributed by atoms with Crippen molar-refractivity contribution in [1.29, 1.82) is 0 Å². The average molecular weight is 286 g/mol. The Bertz CT molecular complexity index is 605. The molecule has 0 radical (unpaired) electrons. The number of hydrogen-bond acceptors (Lipinski definition) is 4. The van der Waals surface area contributed by atoms with E-state index >= 15 is 0 Å². The molecule has 0 aromatic heterocycles. The van der Waals surface area contributed by atoms with Gasteiger partial charge in [-0.3, -0.25) is 24.7 Å². The molecule has 2 rings (SSSR count). The summed E-state index contributed by atoms with van der Waals surface area (Å²) >= 11 is 5.57. The molecule has 1 aliphatic heterocycles. The van der Waals surface area contributed by atoms with Crippen molar-refractivity contribution in [3.8, 4) is 0 Å². The van der Waals surface area contributed by atoms with Crippen molar-refractivity contribution in [1.82, 2.24) is 5.43 Å². The van der Waals surface area contributed by atoms with E-state index in [9.17, 15) is 18.8 Å². The molecule has 0 saturated heterocycles. The second kappa shape index (κ2) is 4.60. The highest BCUT2D eigenvalue weighted by molar-refractivity contribution is 6.53. The van der Waals surface area contributed by atoms with Gasteiger partial charge in [-0.2, -0.15) is 0 Å². The van der Waals surface area contributed by atoms with Gasteiger partial charge >= 0.3 is 0 Å². The maximum Gasteiger partial charge on any atom is 0.300 e. The normalized spacial score (nSPS) is 15.5. The van der Waals surface area contributed by atoms with E-state index in [0.717, 1.165) is 17.0 Å². The second-order valence-electron chi connectivity index (χ2n) is 3.97. The molecule has 1 aromatic carbocycles. The number of amides is 2. The highest BCUT2D eigenvalue weighted by atomic mass is 35.5. The number of anilines is 1. The van der Waals surface area contributed by atoms with Crippen molar-refractivity contribution in [3.05, 3.63) is 28.5 Å². The van der Waals surface area contributed by atoms with Crippen LogP contribution < -0.4 is 16.2 Å². The van der Waals surface area contributed by atoms with Gasteiger partial charge in [0.1, 0.15) is 11.9 Å². The smallest absolute Gasteiger partial charge is 0.292 e. The maximum atomic E-state index is 13.4. The number of rotatable bonds is 2. The molecule has 0 saturated carbocycles. The van der Waals surface area contributed by atoms with Gasteiger partial charge in [0.25, 0.3) is 17.6 Å². The lowest BCUT2D eigenvalue weighted by atomic mass is 10.1. The third-order valence-corrected chi connectivity index (χ3v) is 3.15. The minimum absolute atomic E-state index is 0.00741. The number of carbonyl (C=O) groups is 3. The van der Waals surface area contributed by atoms with Crippen molar-refractivity contribution >= 4 is 34.9 Å². The van der Waals surface area contributed by atoms with Crippen LogP contribution in [0.3, 0.4) is 0 Å². The molecule has 0 bridgehead atoms. The van der Waals surface area contributed by atoms with E-state index in [1.165, 1.54) is 6.92 Å². The summed E-state index contributed by atoms with van der Waals surface area (Å²) in [5.74, 6) is 1.75. The summed E-state index contributed by atoms with van der Waals surface area (Å²) in [7, 11) is 0. The summed E-state index contributed by atoms with van der Waals surface area (Å²) in [6.07, 6.45) is 0. The van der Waals surface area contributed by atoms with Crippen molar-refractivity contribution in [2.75, 3.05) is 4.90 Å². The highest BCUT2D eigenvalue weighted by Gasteiger charge is 2.41. The Labute approximate surface area is 112 Å². The molecular weight excluding hydrogens is 277 g/mol. The van der Waals surface area contributed by atoms with Gasteiger partial charge < -0.3 is 0 Å². The zero-order valence-corrected chi connectivity index (χ0v) is 10.5. The summed E-state index contributed by atoms with van der Waals surface area (Å²) in [5.41, 5.74) is 1.84. The van der Waals surface area contributed by atoms with E-state index in [4.69, 9.17) is 17.4 Å². The number of halogens is 2. The van der Waals surface area contributed by atoms with Crippen LogP contribution in [-0.2, 0) is 9.59 Å². The van der Waals surface area contributed by atoms with E-state index in [1.54, 1.807) is 0 Å². The molecule has 0 aliphatic carbocycles. The number of Topliss-reactive ketones (excluding diaryl/α,β-unsaturated/α-hetero) is 1. The predicted octanol–water partition coefficient (Wildman–Crippen LogP) is 0.387. The van der Waals surface area contributed by atoms with Crippen molar-refractivity contribution in [2.45, 2.75) is 13.0 Å². The van der Waals surface area contributed by atoms with E-state index in [0.29, 0.717) is 0 Å².